The smallest absolute Gasteiger partial charge is 0.253 e. The Kier molecular flexibility index (Phi) is 4.56. The minimum absolute atomic E-state index is 0.177. The van der Waals surface area contributed by atoms with Gasteiger partial charge in [0, 0.05) is 10.7 Å². The number of pyridine rings is 1. The van der Waals surface area contributed by atoms with Crippen LogP contribution in [0.4, 0.5) is 0 Å². The van der Waals surface area contributed by atoms with Crippen molar-refractivity contribution in [2.75, 3.05) is 0 Å². The maximum Gasteiger partial charge on any atom is 0.253 e. The van der Waals surface area contributed by atoms with Crippen LogP contribution in [0.1, 0.15) is 29.0 Å². The number of benzene rings is 1. The molecule has 19 heavy (non-hydrogen) atoms. The number of amides is 1. The van der Waals surface area contributed by atoms with E-state index in [0.29, 0.717) is 10.6 Å². The van der Waals surface area contributed by atoms with Crippen LogP contribution in [0.2, 0.25) is 5.02 Å². The lowest BCUT2D eigenvalue weighted by molar-refractivity contribution is 0.0939. The van der Waals surface area contributed by atoms with Gasteiger partial charge in [-0.05, 0) is 37.3 Å². The van der Waals surface area contributed by atoms with Gasteiger partial charge in [-0.25, -0.2) is 0 Å². The Morgan fingerprint density at radius 3 is 2.84 bits per heavy atom. The second-order valence-electron chi connectivity index (χ2n) is 4.07. The minimum Gasteiger partial charge on any atom is -0.344 e. The van der Waals surface area contributed by atoms with Gasteiger partial charge in [-0.3, -0.25) is 9.78 Å². The number of hydrogen-bond acceptors (Lipinski definition) is 2. The average molecular weight is 340 g/mol. The van der Waals surface area contributed by atoms with Crippen molar-refractivity contribution in [1.29, 1.82) is 0 Å². The Morgan fingerprint density at radius 2 is 2.16 bits per heavy atom. The number of carbonyl (C=O) groups excluding carboxylic acids is 1. The Labute approximate surface area is 125 Å². The molecule has 2 rings (SSSR count). The molecule has 1 heterocycles. The molecule has 1 atom stereocenters. The number of nitrogens with one attached hydrogen (secondary N) is 1. The molecular formula is C14H12BrClN2O. The highest BCUT2D eigenvalue weighted by Gasteiger charge is 2.15. The molecule has 0 bridgehead atoms. The summed E-state index contributed by atoms with van der Waals surface area (Å²) in [6.45, 7) is 1.88. The van der Waals surface area contributed by atoms with Gasteiger partial charge in [0.05, 0.1) is 22.3 Å². The predicted octanol–water partition coefficient (Wildman–Crippen LogP) is 3.99. The maximum atomic E-state index is 12.2. The van der Waals surface area contributed by atoms with Gasteiger partial charge in [0.25, 0.3) is 5.91 Å². The third kappa shape index (κ3) is 3.55. The van der Waals surface area contributed by atoms with E-state index in [1.54, 1.807) is 24.4 Å². The molecule has 0 aliphatic rings. The van der Waals surface area contributed by atoms with Gasteiger partial charge in [-0.1, -0.05) is 33.6 Å². The molecule has 1 aromatic heterocycles. The van der Waals surface area contributed by atoms with Gasteiger partial charge in [0.1, 0.15) is 0 Å². The first-order valence-corrected chi connectivity index (χ1v) is 6.92. The number of rotatable bonds is 3. The standard InChI is InChI=1S/C14H12BrClN2O/c1-9(13-4-2-3-7-17-13)18-14(19)11-8-10(15)5-6-12(11)16/h2-9H,1H3,(H,18,19). The number of nitrogens with zero attached hydrogens (tertiary/aromatic N) is 1. The van der Waals surface area contributed by atoms with Crippen LogP contribution in [0.5, 0.6) is 0 Å². The molecule has 3 nitrogen and oxygen atoms in total. The van der Waals surface area contributed by atoms with Crippen molar-refractivity contribution in [2.45, 2.75) is 13.0 Å². The van der Waals surface area contributed by atoms with Crippen molar-refractivity contribution < 1.29 is 4.79 Å². The van der Waals surface area contributed by atoms with Crippen LogP contribution in [0.15, 0.2) is 47.1 Å². The van der Waals surface area contributed by atoms with Crippen LogP contribution in [-0.4, -0.2) is 10.9 Å². The zero-order valence-corrected chi connectivity index (χ0v) is 12.6. The summed E-state index contributed by atoms with van der Waals surface area (Å²) in [5, 5.41) is 3.30. The molecule has 0 spiro atoms. The predicted molar refractivity (Wildman–Crippen MR) is 79.3 cm³/mol. The van der Waals surface area contributed by atoms with Crippen LogP contribution in [0.3, 0.4) is 0 Å². The Bertz CT molecular complexity index is 589. The van der Waals surface area contributed by atoms with E-state index in [9.17, 15) is 4.79 Å². The molecule has 0 fully saturated rings. The maximum absolute atomic E-state index is 12.2. The molecule has 1 unspecified atom stereocenters. The average Bonchev–Trinajstić information content (AvgIpc) is 2.42. The van der Waals surface area contributed by atoms with Crippen molar-refractivity contribution in [3.8, 4) is 0 Å². The first kappa shape index (κ1) is 14.0. The summed E-state index contributed by atoms with van der Waals surface area (Å²) in [6, 6.07) is 10.6. The van der Waals surface area contributed by atoms with E-state index in [4.69, 9.17) is 11.6 Å². The number of hydrogen-bond donors (Lipinski definition) is 1. The quantitative estimate of drug-likeness (QED) is 0.918. The fourth-order valence-electron chi connectivity index (χ4n) is 1.65. The van der Waals surface area contributed by atoms with E-state index in [1.165, 1.54) is 0 Å². The summed E-state index contributed by atoms with van der Waals surface area (Å²) in [6.07, 6.45) is 1.70. The van der Waals surface area contributed by atoms with Crippen LogP contribution in [0.25, 0.3) is 0 Å². The van der Waals surface area contributed by atoms with E-state index in [1.807, 2.05) is 25.1 Å². The van der Waals surface area contributed by atoms with Gasteiger partial charge < -0.3 is 5.32 Å². The van der Waals surface area contributed by atoms with E-state index in [2.05, 4.69) is 26.2 Å². The van der Waals surface area contributed by atoms with E-state index in [0.717, 1.165) is 10.2 Å². The lowest BCUT2D eigenvalue weighted by Crippen LogP contribution is -2.27. The number of halogens is 2. The summed E-state index contributed by atoms with van der Waals surface area (Å²) in [5.41, 5.74) is 1.25. The highest BCUT2D eigenvalue weighted by Crippen LogP contribution is 2.21. The van der Waals surface area contributed by atoms with Crippen LogP contribution < -0.4 is 5.32 Å². The Morgan fingerprint density at radius 1 is 1.37 bits per heavy atom. The van der Waals surface area contributed by atoms with Crippen LogP contribution in [0, 0.1) is 0 Å². The second kappa shape index (κ2) is 6.17. The van der Waals surface area contributed by atoms with Crippen LogP contribution >= 0.6 is 27.5 Å². The molecule has 0 radical (unpaired) electrons. The molecule has 0 saturated heterocycles. The SMILES string of the molecule is CC(NC(=O)c1cc(Br)ccc1Cl)c1ccccn1. The third-order valence-electron chi connectivity index (χ3n) is 2.65. The van der Waals surface area contributed by atoms with Crippen molar-refractivity contribution in [1.82, 2.24) is 10.3 Å². The summed E-state index contributed by atoms with van der Waals surface area (Å²) in [4.78, 5) is 16.4. The van der Waals surface area contributed by atoms with E-state index < -0.39 is 0 Å². The summed E-state index contributed by atoms with van der Waals surface area (Å²) in [7, 11) is 0. The van der Waals surface area contributed by atoms with E-state index in [-0.39, 0.29) is 11.9 Å². The molecular weight excluding hydrogens is 328 g/mol. The molecule has 0 aliphatic heterocycles. The molecule has 0 saturated carbocycles. The Hall–Kier alpha value is -1.39. The van der Waals surface area contributed by atoms with Crippen molar-refractivity contribution >= 4 is 33.4 Å². The molecule has 1 aromatic carbocycles. The molecule has 0 aliphatic carbocycles. The van der Waals surface area contributed by atoms with Gasteiger partial charge in [0.15, 0.2) is 0 Å². The normalized spacial score (nSPS) is 11.9. The van der Waals surface area contributed by atoms with Crippen molar-refractivity contribution in [3.63, 3.8) is 0 Å². The first-order chi connectivity index (χ1) is 9.08. The lowest BCUT2D eigenvalue weighted by atomic mass is 10.1. The van der Waals surface area contributed by atoms with Gasteiger partial charge in [-0.2, -0.15) is 0 Å². The zero-order chi connectivity index (χ0) is 13.8. The minimum atomic E-state index is -0.218. The van der Waals surface area contributed by atoms with Gasteiger partial charge in [-0.15, -0.1) is 0 Å². The highest BCUT2D eigenvalue weighted by atomic mass is 79.9. The molecule has 98 valence electrons. The van der Waals surface area contributed by atoms with Gasteiger partial charge >= 0.3 is 0 Å². The fourth-order valence-corrected chi connectivity index (χ4v) is 2.22. The molecule has 2 aromatic rings. The zero-order valence-electron chi connectivity index (χ0n) is 10.2. The molecule has 1 N–H and O–H groups in total. The van der Waals surface area contributed by atoms with Crippen molar-refractivity contribution in [3.05, 3.63) is 63.3 Å². The van der Waals surface area contributed by atoms with Gasteiger partial charge in [0.2, 0.25) is 0 Å². The van der Waals surface area contributed by atoms with E-state index >= 15 is 0 Å². The number of aromatic nitrogens is 1. The molecule has 5 heteroatoms. The monoisotopic (exact) mass is 338 g/mol. The first-order valence-electron chi connectivity index (χ1n) is 5.75. The highest BCUT2D eigenvalue weighted by molar-refractivity contribution is 9.10. The number of carbonyl (C=O) groups is 1. The molecule has 1 amide bonds. The van der Waals surface area contributed by atoms with Crippen molar-refractivity contribution in [2.24, 2.45) is 0 Å². The summed E-state index contributed by atoms with van der Waals surface area (Å²) < 4.78 is 0.813. The van der Waals surface area contributed by atoms with Crippen LogP contribution in [-0.2, 0) is 0 Å². The summed E-state index contributed by atoms with van der Waals surface area (Å²) in [5.74, 6) is -0.218. The largest absolute Gasteiger partial charge is 0.344 e. The topological polar surface area (TPSA) is 42.0 Å². The Balaban J connectivity index is 2.15. The summed E-state index contributed by atoms with van der Waals surface area (Å²) >= 11 is 9.35. The fraction of sp³-hybridized carbons (Fsp3) is 0.143. The lowest BCUT2D eigenvalue weighted by Gasteiger charge is -2.14. The second-order valence-corrected chi connectivity index (χ2v) is 5.40. The third-order valence-corrected chi connectivity index (χ3v) is 3.47.